The average molecular weight is 452 g/mol. The zero-order chi connectivity index (χ0) is 16.1. The van der Waals surface area contributed by atoms with Gasteiger partial charge in [-0.05, 0) is 68.3 Å². The molecule has 0 bridgehead atoms. The molecule has 4 aromatic rings. The van der Waals surface area contributed by atoms with Gasteiger partial charge in [0.15, 0.2) is 0 Å². The molecule has 0 aliphatic rings. The van der Waals surface area contributed by atoms with E-state index in [-0.39, 0.29) is 0 Å². The Labute approximate surface area is 154 Å². The van der Waals surface area contributed by atoms with Crippen LogP contribution in [-0.4, -0.2) is 17.9 Å². The first kappa shape index (κ1) is 15.1. The molecule has 7 heteroatoms. The molecule has 3 aromatic heterocycles. The fourth-order valence-corrected chi connectivity index (χ4v) is 4.01. The Morgan fingerprint density at radius 3 is 1.52 bits per heavy atom. The van der Waals surface area contributed by atoms with Crippen LogP contribution in [0.25, 0.3) is 33.5 Å². The summed E-state index contributed by atoms with van der Waals surface area (Å²) in [6.07, 6.45) is 0. The summed E-state index contributed by atoms with van der Waals surface area (Å²) in [6.45, 7) is 0. The van der Waals surface area contributed by atoms with Crippen molar-refractivity contribution in [2.24, 2.45) is 14.1 Å². The van der Waals surface area contributed by atoms with Crippen molar-refractivity contribution in [3.8, 4) is 22.5 Å². The molecule has 0 fully saturated rings. The normalized spacial score (nSPS) is 11.5. The fraction of sp³-hybridized carbons (Fsp3) is 0.125. The lowest BCUT2D eigenvalue weighted by molar-refractivity contribution is 0.910. The summed E-state index contributed by atoms with van der Waals surface area (Å²) in [5.74, 6) is 0. The maximum absolute atomic E-state index is 4.55. The number of fused-ring (bicyclic) bond motifs is 1. The smallest absolute Gasteiger partial charge is 0.114 e. The molecule has 1 aromatic carbocycles. The minimum absolute atomic E-state index is 0.943. The van der Waals surface area contributed by atoms with Gasteiger partial charge in [0.1, 0.15) is 11.0 Å². The van der Waals surface area contributed by atoms with E-state index >= 15 is 0 Å². The molecule has 0 aliphatic carbocycles. The summed E-state index contributed by atoms with van der Waals surface area (Å²) in [5, 5.41) is 0. The van der Waals surface area contributed by atoms with Crippen LogP contribution < -0.4 is 0 Å². The molecule has 0 atom stereocenters. The number of hydrogen-bond acceptors (Lipinski definition) is 3. The Hall–Kier alpha value is -1.44. The predicted octanol–water partition coefficient (Wildman–Crippen LogP) is 5.23. The van der Waals surface area contributed by atoms with Gasteiger partial charge < -0.3 is 9.13 Å². The van der Waals surface area contributed by atoms with Crippen molar-refractivity contribution in [3.05, 3.63) is 45.6 Å². The third-order valence-corrected chi connectivity index (χ3v) is 6.21. The SMILES string of the molecule is Cn1c(Br)ccc1-c1ccc(-c2ccc(Br)n2C)c2nsnc12. The van der Waals surface area contributed by atoms with Crippen LogP contribution >= 0.6 is 43.6 Å². The monoisotopic (exact) mass is 450 g/mol. The molecule has 0 radical (unpaired) electrons. The van der Waals surface area contributed by atoms with Crippen LogP contribution in [-0.2, 0) is 14.1 Å². The van der Waals surface area contributed by atoms with E-state index < -0.39 is 0 Å². The van der Waals surface area contributed by atoms with E-state index in [1.54, 1.807) is 0 Å². The van der Waals surface area contributed by atoms with Crippen LogP contribution in [0, 0.1) is 0 Å². The molecule has 0 spiro atoms. The highest BCUT2D eigenvalue weighted by molar-refractivity contribution is 9.10. The molecular weight excluding hydrogens is 440 g/mol. The lowest BCUT2D eigenvalue weighted by Gasteiger charge is -2.09. The highest BCUT2D eigenvalue weighted by Gasteiger charge is 2.17. The molecule has 0 N–H and O–H groups in total. The second-order valence-electron chi connectivity index (χ2n) is 5.32. The highest BCUT2D eigenvalue weighted by atomic mass is 79.9. The van der Waals surface area contributed by atoms with Crippen molar-refractivity contribution in [1.29, 1.82) is 0 Å². The maximum Gasteiger partial charge on any atom is 0.114 e. The maximum atomic E-state index is 4.55. The fourth-order valence-electron chi connectivity index (χ4n) is 2.79. The zero-order valence-corrected chi connectivity index (χ0v) is 16.4. The Balaban J connectivity index is 1.99. The first-order chi connectivity index (χ1) is 11.1. The van der Waals surface area contributed by atoms with Crippen LogP contribution in [0.2, 0.25) is 0 Å². The van der Waals surface area contributed by atoms with Gasteiger partial charge in [0, 0.05) is 25.2 Å². The predicted molar refractivity (Wildman–Crippen MR) is 102 cm³/mol. The Morgan fingerprint density at radius 1 is 0.739 bits per heavy atom. The van der Waals surface area contributed by atoms with Crippen LogP contribution in [0.3, 0.4) is 0 Å². The standard InChI is InChI=1S/C16H12Br2N4S/c1-21-11(5-7-13(21)17)9-3-4-10(16-15(9)19-23-20-16)12-6-8-14(18)22(12)2/h3-8H,1-2H3. The summed E-state index contributed by atoms with van der Waals surface area (Å²) in [7, 11) is 4.07. The second kappa shape index (κ2) is 5.58. The van der Waals surface area contributed by atoms with Crippen molar-refractivity contribution in [1.82, 2.24) is 17.9 Å². The van der Waals surface area contributed by atoms with Crippen LogP contribution in [0.4, 0.5) is 0 Å². The van der Waals surface area contributed by atoms with Gasteiger partial charge in [-0.25, -0.2) is 0 Å². The largest absolute Gasteiger partial charge is 0.338 e. The Bertz CT molecular complexity index is 948. The molecule has 3 heterocycles. The van der Waals surface area contributed by atoms with E-state index in [0.29, 0.717) is 0 Å². The molecule has 0 unspecified atom stereocenters. The molecule has 0 saturated carbocycles. The molecule has 4 rings (SSSR count). The second-order valence-corrected chi connectivity index (χ2v) is 7.48. The van der Waals surface area contributed by atoms with Gasteiger partial charge >= 0.3 is 0 Å². The van der Waals surface area contributed by atoms with Gasteiger partial charge in [0.2, 0.25) is 0 Å². The molecule has 116 valence electrons. The lowest BCUT2D eigenvalue weighted by Crippen LogP contribution is -1.95. The summed E-state index contributed by atoms with van der Waals surface area (Å²) in [6, 6.07) is 12.5. The first-order valence-corrected chi connectivity index (χ1v) is 9.28. The minimum atomic E-state index is 0.943. The van der Waals surface area contributed by atoms with E-state index in [2.05, 4.69) is 74.0 Å². The summed E-state index contributed by atoms with van der Waals surface area (Å²) < 4.78 is 15.4. The van der Waals surface area contributed by atoms with Crippen molar-refractivity contribution < 1.29 is 0 Å². The van der Waals surface area contributed by atoms with Crippen molar-refractivity contribution in [2.45, 2.75) is 0 Å². The number of benzene rings is 1. The molecule has 0 saturated heterocycles. The molecule has 0 aliphatic heterocycles. The van der Waals surface area contributed by atoms with Crippen molar-refractivity contribution in [2.75, 3.05) is 0 Å². The zero-order valence-electron chi connectivity index (χ0n) is 12.4. The number of aromatic nitrogens is 4. The number of rotatable bonds is 2. The van der Waals surface area contributed by atoms with Gasteiger partial charge in [0.25, 0.3) is 0 Å². The third kappa shape index (κ3) is 2.29. The molecule has 4 nitrogen and oxygen atoms in total. The van der Waals surface area contributed by atoms with Gasteiger partial charge in [0.05, 0.1) is 32.3 Å². The van der Waals surface area contributed by atoms with E-state index in [1.807, 2.05) is 26.2 Å². The molecule has 23 heavy (non-hydrogen) atoms. The minimum Gasteiger partial charge on any atom is -0.338 e. The van der Waals surface area contributed by atoms with Gasteiger partial charge in [-0.15, -0.1) is 0 Å². The lowest BCUT2D eigenvalue weighted by atomic mass is 10.0. The summed E-state index contributed by atoms with van der Waals surface area (Å²) in [4.78, 5) is 0. The van der Waals surface area contributed by atoms with Crippen LogP contribution in [0.15, 0.2) is 45.6 Å². The highest BCUT2D eigenvalue weighted by Crippen LogP contribution is 2.36. The van der Waals surface area contributed by atoms with Crippen LogP contribution in [0.1, 0.15) is 0 Å². The van der Waals surface area contributed by atoms with Gasteiger partial charge in [-0.3, -0.25) is 0 Å². The van der Waals surface area contributed by atoms with Crippen molar-refractivity contribution in [3.63, 3.8) is 0 Å². The average Bonchev–Trinajstić information content (AvgIpc) is 3.23. The number of halogens is 2. The topological polar surface area (TPSA) is 35.6 Å². The van der Waals surface area contributed by atoms with E-state index in [4.69, 9.17) is 0 Å². The molecular formula is C16H12Br2N4S. The number of nitrogens with zero attached hydrogens (tertiary/aromatic N) is 4. The summed E-state index contributed by atoms with van der Waals surface area (Å²) >= 11 is 8.36. The Morgan fingerprint density at radius 2 is 1.17 bits per heavy atom. The van der Waals surface area contributed by atoms with E-state index in [0.717, 1.165) is 42.8 Å². The van der Waals surface area contributed by atoms with Crippen LogP contribution in [0.5, 0.6) is 0 Å². The van der Waals surface area contributed by atoms with E-state index in [1.165, 1.54) is 11.7 Å². The summed E-state index contributed by atoms with van der Waals surface area (Å²) in [5.41, 5.74) is 6.32. The van der Waals surface area contributed by atoms with E-state index in [9.17, 15) is 0 Å². The quantitative estimate of drug-likeness (QED) is 0.418. The third-order valence-electron chi connectivity index (χ3n) is 4.09. The number of hydrogen-bond donors (Lipinski definition) is 0. The first-order valence-electron chi connectivity index (χ1n) is 6.96. The molecule has 0 amide bonds. The van der Waals surface area contributed by atoms with Crippen molar-refractivity contribution >= 4 is 54.6 Å². The van der Waals surface area contributed by atoms with Gasteiger partial charge in [-0.1, -0.05) is 0 Å². The Kier molecular flexibility index (Phi) is 3.66. The van der Waals surface area contributed by atoms with Gasteiger partial charge in [-0.2, -0.15) is 8.75 Å².